The van der Waals surface area contributed by atoms with Gasteiger partial charge in [0.1, 0.15) is 6.10 Å². The highest BCUT2D eigenvalue weighted by molar-refractivity contribution is 7.91. The molecule has 2 atom stereocenters. The Bertz CT molecular complexity index is 856. The molecule has 6 nitrogen and oxygen atoms in total. The highest BCUT2D eigenvalue weighted by Crippen LogP contribution is 2.25. The van der Waals surface area contributed by atoms with Gasteiger partial charge in [0.2, 0.25) is 0 Å². The Morgan fingerprint density at radius 1 is 1.07 bits per heavy atom. The highest BCUT2D eigenvalue weighted by Gasteiger charge is 2.29. The summed E-state index contributed by atoms with van der Waals surface area (Å²) in [6, 6.07) is 17.8. The predicted molar refractivity (Wildman–Crippen MR) is 103 cm³/mol. The predicted octanol–water partition coefficient (Wildman–Crippen LogP) is 2.63. The normalized spacial score (nSPS) is 20.3. The molecule has 2 amide bonds. The van der Waals surface area contributed by atoms with E-state index in [0.717, 1.165) is 5.56 Å². The number of hydrogen-bond acceptors (Lipinski definition) is 4. The van der Waals surface area contributed by atoms with Gasteiger partial charge < -0.3 is 15.0 Å². The Morgan fingerprint density at radius 3 is 2.37 bits per heavy atom. The minimum absolute atomic E-state index is 0.0673. The summed E-state index contributed by atoms with van der Waals surface area (Å²) in [6.07, 6.45) is -0.281. The van der Waals surface area contributed by atoms with Gasteiger partial charge in [-0.1, -0.05) is 48.5 Å². The maximum absolute atomic E-state index is 12.5. The first-order valence-corrected chi connectivity index (χ1v) is 10.6. The molecule has 1 saturated heterocycles. The summed E-state index contributed by atoms with van der Waals surface area (Å²) >= 11 is 0. The Hall–Kier alpha value is -2.38. The zero-order chi connectivity index (χ0) is 19.3. The summed E-state index contributed by atoms with van der Waals surface area (Å²) in [4.78, 5) is 14.5. The van der Waals surface area contributed by atoms with Crippen molar-refractivity contribution in [2.75, 3.05) is 25.4 Å². The number of morpholine rings is 1. The van der Waals surface area contributed by atoms with Crippen molar-refractivity contribution < 1.29 is 17.9 Å². The number of amides is 2. The van der Waals surface area contributed by atoms with Crippen molar-refractivity contribution in [2.24, 2.45) is 0 Å². The molecule has 0 radical (unpaired) electrons. The van der Waals surface area contributed by atoms with Crippen LogP contribution in [0.4, 0.5) is 4.79 Å². The molecule has 2 aromatic carbocycles. The Morgan fingerprint density at radius 2 is 1.70 bits per heavy atom. The van der Waals surface area contributed by atoms with E-state index in [4.69, 9.17) is 4.74 Å². The second kappa shape index (κ2) is 8.54. The molecule has 0 spiro atoms. The van der Waals surface area contributed by atoms with Gasteiger partial charge in [-0.15, -0.1) is 0 Å². The smallest absolute Gasteiger partial charge is 0.317 e. The third-order valence-electron chi connectivity index (χ3n) is 4.47. The van der Waals surface area contributed by atoms with Crippen molar-refractivity contribution in [3.63, 3.8) is 0 Å². The third-order valence-corrected chi connectivity index (χ3v) is 6.20. The number of nitrogens with zero attached hydrogens (tertiary/aromatic N) is 1. The van der Waals surface area contributed by atoms with Crippen molar-refractivity contribution in [2.45, 2.75) is 24.0 Å². The first-order valence-electron chi connectivity index (χ1n) is 8.97. The van der Waals surface area contributed by atoms with Crippen LogP contribution in [-0.2, 0) is 14.6 Å². The SMILES string of the molecule is CC1CN(C(=O)NCCS(=O)(=O)c2ccccc2)CC(c2ccccc2)O1. The molecule has 27 heavy (non-hydrogen) atoms. The largest absolute Gasteiger partial charge is 0.367 e. The van der Waals surface area contributed by atoms with E-state index in [1.165, 1.54) is 0 Å². The van der Waals surface area contributed by atoms with Crippen LogP contribution < -0.4 is 5.32 Å². The fraction of sp³-hybridized carbons (Fsp3) is 0.350. The van der Waals surface area contributed by atoms with Gasteiger partial charge in [0.05, 0.1) is 23.3 Å². The summed E-state index contributed by atoms with van der Waals surface area (Å²) in [6.45, 7) is 2.90. The molecule has 1 fully saturated rings. The van der Waals surface area contributed by atoms with Crippen LogP contribution in [0.5, 0.6) is 0 Å². The van der Waals surface area contributed by atoms with Gasteiger partial charge in [0, 0.05) is 13.1 Å². The number of nitrogens with one attached hydrogen (secondary N) is 1. The lowest BCUT2D eigenvalue weighted by Gasteiger charge is -2.37. The van der Waals surface area contributed by atoms with E-state index in [-0.39, 0.29) is 35.4 Å². The highest BCUT2D eigenvalue weighted by atomic mass is 32.2. The fourth-order valence-electron chi connectivity index (χ4n) is 3.12. The lowest BCUT2D eigenvalue weighted by atomic mass is 10.1. The van der Waals surface area contributed by atoms with E-state index in [9.17, 15) is 13.2 Å². The minimum atomic E-state index is -3.41. The van der Waals surface area contributed by atoms with E-state index in [1.54, 1.807) is 35.2 Å². The van der Waals surface area contributed by atoms with Gasteiger partial charge in [0.15, 0.2) is 9.84 Å². The van der Waals surface area contributed by atoms with Crippen LogP contribution in [0.25, 0.3) is 0 Å². The molecular formula is C20H24N2O4S. The quantitative estimate of drug-likeness (QED) is 0.854. The maximum atomic E-state index is 12.5. The van der Waals surface area contributed by atoms with Gasteiger partial charge in [-0.05, 0) is 24.6 Å². The van der Waals surface area contributed by atoms with Gasteiger partial charge >= 0.3 is 6.03 Å². The monoisotopic (exact) mass is 388 g/mol. The molecule has 1 N–H and O–H groups in total. The summed E-state index contributed by atoms with van der Waals surface area (Å²) < 4.78 is 30.5. The lowest BCUT2D eigenvalue weighted by Crippen LogP contribution is -2.50. The average Bonchev–Trinajstić information content (AvgIpc) is 2.68. The molecule has 0 aliphatic carbocycles. The number of carbonyl (C=O) groups is 1. The lowest BCUT2D eigenvalue weighted by molar-refractivity contribution is -0.0656. The Balaban J connectivity index is 1.56. The molecule has 144 valence electrons. The average molecular weight is 388 g/mol. The molecule has 2 unspecified atom stereocenters. The molecule has 0 aromatic heterocycles. The Kier molecular flexibility index (Phi) is 6.13. The molecular weight excluding hydrogens is 364 g/mol. The first-order chi connectivity index (χ1) is 13.0. The molecule has 2 aromatic rings. The number of ether oxygens (including phenoxy) is 1. The zero-order valence-electron chi connectivity index (χ0n) is 15.2. The molecule has 0 bridgehead atoms. The van der Waals surface area contributed by atoms with Crippen LogP contribution in [0.2, 0.25) is 0 Å². The van der Waals surface area contributed by atoms with E-state index in [2.05, 4.69) is 5.32 Å². The molecule has 0 saturated carbocycles. The first kappa shape index (κ1) is 19.4. The summed E-state index contributed by atoms with van der Waals surface area (Å²) in [5.74, 6) is -0.134. The van der Waals surface area contributed by atoms with Gasteiger partial charge in [0.25, 0.3) is 0 Å². The fourth-order valence-corrected chi connectivity index (χ4v) is 4.30. The van der Waals surface area contributed by atoms with E-state index in [0.29, 0.717) is 13.1 Å². The minimum Gasteiger partial charge on any atom is -0.367 e. The zero-order valence-corrected chi connectivity index (χ0v) is 16.1. The second-order valence-corrected chi connectivity index (χ2v) is 8.72. The van der Waals surface area contributed by atoms with E-state index >= 15 is 0 Å². The van der Waals surface area contributed by atoms with Gasteiger partial charge in [-0.25, -0.2) is 13.2 Å². The van der Waals surface area contributed by atoms with Crippen molar-refractivity contribution in [1.82, 2.24) is 10.2 Å². The van der Waals surface area contributed by atoms with Crippen molar-refractivity contribution in [3.05, 3.63) is 66.2 Å². The van der Waals surface area contributed by atoms with Gasteiger partial charge in [-0.3, -0.25) is 0 Å². The van der Waals surface area contributed by atoms with Crippen LogP contribution in [-0.4, -0.2) is 50.8 Å². The number of sulfone groups is 1. The maximum Gasteiger partial charge on any atom is 0.317 e. The molecule has 1 aliphatic rings. The molecule has 1 aliphatic heterocycles. The number of urea groups is 1. The van der Waals surface area contributed by atoms with E-state index in [1.807, 2.05) is 37.3 Å². The van der Waals surface area contributed by atoms with Crippen molar-refractivity contribution in [1.29, 1.82) is 0 Å². The number of rotatable bonds is 5. The standard InChI is InChI=1S/C20H24N2O4S/c1-16-14-22(15-19(26-16)17-8-4-2-5-9-17)20(23)21-12-13-27(24,25)18-10-6-3-7-11-18/h2-11,16,19H,12-15H2,1H3,(H,21,23). The summed E-state index contributed by atoms with van der Waals surface area (Å²) in [5, 5.41) is 2.72. The van der Waals surface area contributed by atoms with Crippen molar-refractivity contribution >= 4 is 15.9 Å². The van der Waals surface area contributed by atoms with Crippen LogP contribution in [0.1, 0.15) is 18.6 Å². The number of hydrogen-bond donors (Lipinski definition) is 1. The number of carbonyl (C=O) groups excluding carboxylic acids is 1. The Labute approximate surface area is 160 Å². The third kappa shape index (κ3) is 5.08. The van der Waals surface area contributed by atoms with Crippen molar-refractivity contribution in [3.8, 4) is 0 Å². The van der Waals surface area contributed by atoms with Crippen LogP contribution >= 0.6 is 0 Å². The van der Waals surface area contributed by atoms with Crippen LogP contribution in [0, 0.1) is 0 Å². The van der Waals surface area contributed by atoms with Gasteiger partial charge in [-0.2, -0.15) is 0 Å². The number of benzene rings is 2. The van der Waals surface area contributed by atoms with Crippen LogP contribution in [0.15, 0.2) is 65.6 Å². The molecule has 3 rings (SSSR count). The topological polar surface area (TPSA) is 75.7 Å². The summed E-state index contributed by atoms with van der Waals surface area (Å²) in [7, 11) is -3.41. The van der Waals surface area contributed by atoms with Crippen LogP contribution in [0.3, 0.4) is 0 Å². The summed E-state index contributed by atoms with van der Waals surface area (Å²) in [5.41, 5.74) is 1.02. The molecule has 1 heterocycles. The second-order valence-electron chi connectivity index (χ2n) is 6.61. The van der Waals surface area contributed by atoms with E-state index < -0.39 is 9.84 Å². The molecule has 7 heteroatoms.